The van der Waals surface area contributed by atoms with E-state index in [0.29, 0.717) is 48.4 Å². The molecule has 0 unspecified atom stereocenters. The van der Waals surface area contributed by atoms with Gasteiger partial charge in [-0.25, -0.2) is 9.78 Å². The van der Waals surface area contributed by atoms with Gasteiger partial charge in [-0.3, -0.25) is 14.9 Å². The SMILES string of the molecule is COc1ccccc1NC(=O)Nc1nc(CC(=O)N2CCN(C(C)=O)CC2)cs1. The van der Waals surface area contributed by atoms with Crippen LogP contribution >= 0.6 is 11.3 Å². The molecule has 1 aromatic carbocycles. The molecule has 2 N–H and O–H groups in total. The van der Waals surface area contributed by atoms with E-state index in [1.807, 2.05) is 6.07 Å². The molecular weight excluding hydrogens is 394 g/mol. The maximum atomic E-state index is 12.5. The number of benzene rings is 1. The van der Waals surface area contributed by atoms with E-state index in [1.165, 1.54) is 25.4 Å². The largest absolute Gasteiger partial charge is 0.495 e. The summed E-state index contributed by atoms with van der Waals surface area (Å²) in [5.74, 6) is 0.542. The zero-order valence-electron chi connectivity index (χ0n) is 16.3. The summed E-state index contributed by atoms with van der Waals surface area (Å²) in [6.07, 6.45) is 0.159. The van der Waals surface area contributed by atoms with Gasteiger partial charge in [0.15, 0.2) is 5.13 Å². The molecule has 3 rings (SSSR count). The molecule has 10 heteroatoms. The molecule has 2 aromatic rings. The predicted octanol–water partition coefficient (Wildman–Crippen LogP) is 2.03. The van der Waals surface area contributed by atoms with Crippen molar-refractivity contribution in [1.29, 1.82) is 0 Å². The van der Waals surface area contributed by atoms with Gasteiger partial charge in [0.1, 0.15) is 5.75 Å². The number of ether oxygens (including phenoxy) is 1. The third-order valence-corrected chi connectivity index (χ3v) is 5.34. The van der Waals surface area contributed by atoms with Gasteiger partial charge in [-0.2, -0.15) is 0 Å². The Balaban J connectivity index is 1.51. The molecule has 0 aliphatic carbocycles. The second-order valence-corrected chi connectivity index (χ2v) is 7.35. The first-order chi connectivity index (χ1) is 14.0. The van der Waals surface area contributed by atoms with Crippen LogP contribution in [0.5, 0.6) is 5.75 Å². The fourth-order valence-corrected chi connectivity index (χ4v) is 3.69. The van der Waals surface area contributed by atoms with Crippen molar-refractivity contribution in [3.05, 3.63) is 35.3 Å². The van der Waals surface area contributed by atoms with Crippen LogP contribution in [0.15, 0.2) is 29.6 Å². The molecule has 1 aliphatic rings. The standard InChI is InChI=1S/C19H23N5O4S/c1-13(25)23-7-9-24(10-8-23)17(26)11-14-12-29-19(20-14)22-18(27)21-15-5-3-4-6-16(15)28-2/h3-6,12H,7-11H2,1-2H3,(H2,20,21,22,27). The fourth-order valence-electron chi connectivity index (χ4n) is 2.98. The Labute approximate surface area is 172 Å². The Morgan fingerprint density at radius 2 is 1.79 bits per heavy atom. The number of aromatic nitrogens is 1. The van der Waals surface area contributed by atoms with E-state index >= 15 is 0 Å². The van der Waals surface area contributed by atoms with Gasteiger partial charge in [0.2, 0.25) is 11.8 Å². The van der Waals surface area contributed by atoms with Crippen LogP contribution in [0.25, 0.3) is 0 Å². The summed E-state index contributed by atoms with van der Waals surface area (Å²) in [7, 11) is 1.53. The van der Waals surface area contributed by atoms with Crippen molar-refractivity contribution in [3.63, 3.8) is 0 Å². The number of nitrogens with one attached hydrogen (secondary N) is 2. The second-order valence-electron chi connectivity index (χ2n) is 6.49. The Kier molecular flexibility index (Phi) is 6.65. The van der Waals surface area contributed by atoms with Crippen molar-refractivity contribution < 1.29 is 19.1 Å². The van der Waals surface area contributed by atoms with Crippen molar-refractivity contribution >= 4 is 40.0 Å². The van der Waals surface area contributed by atoms with E-state index in [0.717, 1.165) is 0 Å². The molecule has 0 saturated carbocycles. The highest BCUT2D eigenvalue weighted by atomic mass is 32.1. The molecule has 0 bridgehead atoms. The lowest BCUT2D eigenvalue weighted by Gasteiger charge is -2.34. The van der Waals surface area contributed by atoms with Crippen molar-refractivity contribution in [2.24, 2.45) is 0 Å². The number of carbonyl (C=O) groups is 3. The van der Waals surface area contributed by atoms with Gasteiger partial charge in [0.05, 0.1) is 24.9 Å². The summed E-state index contributed by atoms with van der Waals surface area (Å²) < 4.78 is 5.20. The number of anilines is 2. The fraction of sp³-hybridized carbons (Fsp3) is 0.368. The number of amides is 4. The summed E-state index contributed by atoms with van der Waals surface area (Å²) in [5, 5.41) is 7.53. The van der Waals surface area contributed by atoms with Crippen LogP contribution in [0, 0.1) is 0 Å². The average molecular weight is 417 g/mol. The first-order valence-electron chi connectivity index (χ1n) is 9.15. The highest BCUT2D eigenvalue weighted by molar-refractivity contribution is 7.14. The number of hydrogen-bond acceptors (Lipinski definition) is 6. The number of rotatable bonds is 5. The van der Waals surface area contributed by atoms with Crippen molar-refractivity contribution in [2.45, 2.75) is 13.3 Å². The number of thiazole rings is 1. The molecule has 29 heavy (non-hydrogen) atoms. The molecule has 1 aliphatic heterocycles. The Morgan fingerprint density at radius 3 is 2.48 bits per heavy atom. The Morgan fingerprint density at radius 1 is 1.10 bits per heavy atom. The maximum Gasteiger partial charge on any atom is 0.325 e. The first kappa shape index (κ1) is 20.6. The number of hydrogen-bond donors (Lipinski definition) is 2. The van der Waals surface area contributed by atoms with Crippen LogP contribution in [0.3, 0.4) is 0 Å². The number of nitrogens with zero attached hydrogens (tertiary/aromatic N) is 3. The lowest BCUT2D eigenvalue weighted by molar-refractivity contribution is -0.138. The molecule has 0 spiro atoms. The average Bonchev–Trinajstić information content (AvgIpc) is 3.14. The Bertz CT molecular complexity index is 892. The highest BCUT2D eigenvalue weighted by Gasteiger charge is 2.23. The zero-order valence-corrected chi connectivity index (χ0v) is 17.1. The number of para-hydroxylation sites is 2. The summed E-state index contributed by atoms with van der Waals surface area (Å²) in [4.78, 5) is 43.8. The lowest BCUT2D eigenvalue weighted by atomic mass is 10.2. The first-order valence-corrected chi connectivity index (χ1v) is 10.0. The third kappa shape index (κ3) is 5.44. The third-order valence-electron chi connectivity index (χ3n) is 4.54. The summed E-state index contributed by atoms with van der Waals surface area (Å²) >= 11 is 1.25. The summed E-state index contributed by atoms with van der Waals surface area (Å²) in [6, 6.07) is 6.64. The van der Waals surface area contributed by atoms with Crippen molar-refractivity contribution in [2.75, 3.05) is 43.9 Å². The molecule has 154 valence electrons. The number of piperazine rings is 1. The van der Waals surface area contributed by atoms with E-state index in [4.69, 9.17) is 4.74 Å². The normalized spacial score (nSPS) is 13.7. The van der Waals surface area contributed by atoms with E-state index in [2.05, 4.69) is 15.6 Å². The Hall–Kier alpha value is -3.14. The van der Waals surface area contributed by atoms with Gasteiger partial charge in [0.25, 0.3) is 0 Å². The minimum atomic E-state index is -0.443. The van der Waals surface area contributed by atoms with Crippen molar-refractivity contribution in [3.8, 4) is 5.75 Å². The van der Waals surface area contributed by atoms with Crippen LogP contribution in [-0.2, 0) is 16.0 Å². The van der Waals surface area contributed by atoms with Crippen LogP contribution in [-0.4, -0.2) is 65.9 Å². The van der Waals surface area contributed by atoms with Gasteiger partial charge < -0.3 is 19.9 Å². The lowest BCUT2D eigenvalue weighted by Crippen LogP contribution is -2.50. The molecule has 4 amide bonds. The van der Waals surface area contributed by atoms with Gasteiger partial charge in [-0.15, -0.1) is 11.3 Å². The van der Waals surface area contributed by atoms with Gasteiger partial charge >= 0.3 is 6.03 Å². The summed E-state index contributed by atoms with van der Waals surface area (Å²) in [6.45, 7) is 3.68. The van der Waals surface area contributed by atoms with Crippen molar-refractivity contribution in [1.82, 2.24) is 14.8 Å². The van der Waals surface area contributed by atoms with Crippen LogP contribution < -0.4 is 15.4 Å². The monoisotopic (exact) mass is 417 g/mol. The summed E-state index contributed by atoms with van der Waals surface area (Å²) in [5.41, 5.74) is 1.14. The number of methoxy groups -OCH3 is 1. The van der Waals surface area contributed by atoms with Gasteiger partial charge in [0, 0.05) is 38.5 Å². The molecular formula is C19H23N5O4S. The smallest absolute Gasteiger partial charge is 0.325 e. The number of carbonyl (C=O) groups excluding carboxylic acids is 3. The molecule has 1 fully saturated rings. The molecule has 0 atom stereocenters. The highest BCUT2D eigenvalue weighted by Crippen LogP contribution is 2.23. The molecule has 1 saturated heterocycles. The second kappa shape index (κ2) is 9.37. The molecule has 0 radical (unpaired) electrons. The number of urea groups is 1. The van der Waals surface area contributed by atoms with E-state index in [-0.39, 0.29) is 18.2 Å². The molecule has 9 nitrogen and oxygen atoms in total. The van der Waals surface area contributed by atoms with Crippen LogP contribution in [0.1, 0.15) is 12.6 Å². The topological polar surface area (TPSA) is 104 Å². The minimum absolute atomic E-state index is 0.0266. The van der Waals surface area contributed by atoms with Crippen LogP contribution in [0.2, 0.25) is 0 Å². The van der Waals surface area contributed by atoms with E-state index in [1.54, 1.807) is 33.4 Å². The van der Waals surface area contributed by atoms with Gasteiger partial charge in [-0.05, 0) is 12.1 Å². The molecule has 2 heterocycles. The maximum absolute atomic E-state index is 12.5. The molecule has 1 aromatic heterocycles. The zero-order chi connectivity index (χ0) is 20.8. The minimum Gasteiger partial charge on any atom is -0.495 e. The van der Waals surface area contributed by atoms with Gasteiger partial charge in [-0.1, -0.05) is 12.1 Å². The predicted molar refractivity (Wildman–Crippen MR) is 110 cm³/mol. The van der Waals surface area contributed by atoms with E-state index in [9.17, 15) is 14.4 Å². The van der Waals surface area contributed by atoms with E-state index < -0.39 is 6.03 Å². The van der Waals surface area contributed by atoms with Crippen LogP contribution in [0.4, 0.5) is 15.6 Å². The quantitative estimate of drug-likeness (QED) is 0.775.